The van der Waals surface area contributed by atoms with Crippen molar-refractivity contribution in [2.24, 2.45) is 0 Å². The number of hydrogen-bond donors (Lipinski definition) is 2. The van der Waals surface area contributed by atoms with Crippen molar-refractivity contribution in [1.29, 1.82) is 0 Å². The van der Waals surface area contributed by atoms with Gasteiger partial charge in [-0.25, -0.2) is 13.1 Å². The summed E-state index contributed by atoms with van der Waals surface area (Å²) in [7, 11) is -2.61. The molecule has 2 N–H and O–H groups in total. The summed E-state index contributed by atoms with van der Waals surface area (Å²) in [5.41, 5.74) is 3.39. The van der Waals surface area contributed by atoms with E-state index >= 15 is 0 Å². The number of anilines is 2. The van der Waals surface area contributed by atoms with Crippen LogP contribution in [0.15, 0.2) is 83.9 Å². The third kappa shape index (κ3) is 4.79. The molecule has 3 aromatic carbocycles. The first-order valence-corrected chi connectivity index (χ1v) is 12.0. The van der Waals surface area contributed by atoms with Crippen LogP contribution in [0.3, 0.4) is 0 Å². The molecule has 0 bridgehead atoms. The van der Waals surface area contributed by atoms with Crippen molar-refractivity contribution in [1.82, 2.24) is 9.78 Å². The Hall–Kier alpha value is -4.11. The van der Waals surface area contributed by atoms with Crippen LogP contribution in [-0.4, -0.2) is 31.2 Å². The molecule has 4 rings (SSSR count). The molecule has 1 amide bonds. The van der Waals surface area contributed by atoms with E-state index in [4.69, 9.17) is 4.74 Å². The zero-order valence-electron chi connectivity index (χ0n) is 18.9. The summed E-state index contributed by atoms with van der Waals surface area (Å²) in [6.07, 6.45) is 1.68. The Balaban J connectivity index is 1.60. The highest BCUT2D eigenvalue weighted by atomic mass is 32.2. The van der Waals surface area contributed by atoms with Gasteiger partial charge in [0, 0.05) is 11.9 Å². The minimum atomic E-state index is -4.00. The van der Waals surface area contributed by atoms with Gasteiger partial charge < -0.3 is 10.1 Å². The first-order valence-electron chi connectivity index (χ1n) is 10.5. The van der Waals surface area contributed by atoms with Gasteiger partial charge in [0.1, 0.15) is 10.6 Å². The van der Waals surface area contributed by atoms with E-state index in [1.165, 1.54) is 19.2 Å². The molecule has 9 heteroatoms. The minimum Gasteiger partial charge on any atom is -0.495 e. The number of rotatable bonds is 7. The van der Waals surface area contributed by atoms with Crippen molar-refractivity contribution in [3.05, 3.63) is 95.8 Å². The highest BCUT2D eigenvalue weighted by molar-refractivity contribution is 7.92. The molecule has 0 spiro atoms. The van der Waals surface area contributed by atoms with Crippen LogP contribution in [0.25, 0.3) is 5.69 Å². The number of methoxy groups -OCH3 is 1. The van der Waals surface area contributed by atoms with Gasteiger partial charge in [0.2, 0.25) is 0 Å². The molecule has 0 aliphatic carbocycles. The molecule has 0 atom stereocenters. The molecule has 0 saturated carbocycles. The summed E-state index contributed by atoms with van der Waals surface area (Å²) in [5.74, 6) is -0.309. The summed E-state index contributed by atoms with van der Waals surface area (Å²) < 4.78 is 36.0. The number of sulfonamides is 1. The van der Waals surface area contributed by atoms with E-state index in [9.17, 15) is 13.2 Å². The average molecular weight is 477 g/mol. The Bertz CT molecular complexity index is 1430. The smallest absolute Gasteiger partial charge is 0.276 e. The van der Waals surface area contributed by atoms with Crippen LogP contribution >= 0.6 is 0 Å². The molecule has 8 nitrogen and oxygen atoms in total. The Morgan fingerprint density at radius 1 is 0.941 bits per heavy atom. The third-order valence-corrected chi connectivity index (χ3v) is 6.64. The van der Waals surface area contributed by atoms with E-state index in [0.717, 1.165) is 16.8 Å². The molecule has 174 valence electrons. The first-order chi connectivity index (χ1) is 16.3. The third-order valence-electron chi connectivity index (χ3n) is 5.27. The van der Waals surface area contributed by atoms with Crippen LogP contribution in [0.2, 0.25) is 0 Å². The van der Waals surface area contributed by atoms with E-state index in [1.807, 2.05) is 62.4 Å². The molecule has 0 radical (unpaired) electrons. The van der Waals surface area contributed by atoms with Crippen LogP contribution in [0.4, 0.5) is 11.4 Å². The second-order valence-electron chi connectivity index (χ2n) is 7.67. The predicted octanol–water partition coefficient (Wildman–Crippen LogP) is 4.55. The fraction of sp³-hybridized carbons (Fsp3) is 0.120. The maximum absolute atomic E-state index is 13.2. The first kappa shape index (κ1) is 23.1. The van der Waals surface area contributed by atoms with E-state index < -0.39 is 15.9 Å². The summed E-state index contributed by atoms with van der Waals surface area (Å²) in [6.45, 7) is 3.65. The number of nitrogens with one attached hydrogen (secondary N) is 2. The largest absolute Gasteiger partial charge is 0.495 e. The fourth-order valence-electron chi connectivity index (χ4n) is 3.49. The number of carbonyl (C=O) groups excluding carboxylic acids is 1. The molecular weight excluding hydrogens is 452 g/mol. The second kappa shape index (κ2) is 9.40. The normalized spacial score (nSPS) is 11.1. The number of carbonyl (C=O) groups is 1. The maximum Gasteiger partial charge on any atom is 0.276 e. The van der Waals surface area contributed by atoms with E-state index in [-0.39, 0.29) is 16.3 Å². The number of ether oxygens (including phenoxy) is 1. The quantitative estimate of drug-likeness (QED) is 0.407. The molecule has 4 aromatic rings. The molecule has 0 unspecified atom stereocenters. The van der Waals surface area contributed by atoms with Gasteiger partial charge in [-0.15, -0.1) is 0 Å². The van der Waals surface area contributed by atoms with E-state index in [1.54, 1.807) is 23.0 Å². The van der Waals surface area contributed by atoms with Gasteiger partial charge in [-0.2, -0.15) is 5.10 Å². The van der Waals surface area contributed by atoms with Gasteiger partial charge in [-0.05, 0) is 61.4 Å². The number of amides is 1. The zero-order valence-corrected chi connectivity index (χ0v) is 19.8. The molecule has 0 aliphatic heterocycles. The lowest BCUT2D eigenvalue weighted by Gasteiger charge is -2.16. The summed E-state index contributed by atoms with van der Waals surface area (Å²) >= 11 is 0. The lowest BCUT2D eigenvalue weighted by atomic mass is 10.1. The van der Waals surface area contributed by atoms with Crippen molar-refractivity contribution in [2.45, 2.75) is 18.7 Å². The van der Waals surface area contributed by atoms with Crippen LogP contribution in [0.5, 0.6) is 5.75 Å². The minimum absolute atomic E-state index is 0.0923. The maximum atomic E-state index is 13.2. The molecule has 0 fully saturated rings. The number of aromatic nitrogens is 2. The molecule has 34 heavy (non-hydrogen) atoms. The van der Waals surface area contributed by atoms with Crippen molar-refractivity contribution < 1.29 is 17.9 Å². The van der Waals surface area contributed by atoms with Crippen LogP contribution < -0.4 is 14.8 Å². The number of hydrogen-bond acceptors (Lipinski definition) is 5. The van der Waals surface area contributed by atoms with Gasteiger partial charge in [-0.3, -0.25) is 9.52 Å². The van der Waals surface area contributed by atoms with Crippen molar-refractivity contribution in [3.8, 4) is 11.4 Å². The van der Waals surface area contributed by atoms with Crippen molar-refractivity contribution >= 4 is 27.3 Å². The molecule has 0 aliphatic rings. The molecule has 1 heterocycles. The second-order valence-corrected chi connectivity index (χ2v) is 9.32. The van der Waals surface area contributed by atoms with Crippen LogP contribution in [-0.2, 0) is 10.0 Å². The summed E-state index contributed by atoms with van der Waals surface area (Å²) in [6, 6.07) is 20.9. The van der Waals surface area contributed by atoms with Crippen LogP contribution in [0, 0.1) is 13.8 Å². The number of nitrogens with zero attached hydrogens (tertiary/aromatic N) is 2. The van der Waals surface area contributed by atoms with Crippen molar-refractivity contribution in [2.75, 3.05) is 17.1 Å². The average Bonchev–Trinajstić information content (AvgIpc) is 3.33. The number of benzene rings is 3. The highest BCUT2D eigenvalue weighted by Crippen LogP contribution is 2.31. The van der Waals surface area contributed by atoms with Crippen molar-refractivity contribution in [3.63, 3.8) is 0 Å². The Morgan fingerprint density at radius 2 is 1.65 bits per heavy atom. The lowest BCUT2D eigenvalue weighted by Crippen LogP contribution is -2.17. The topological polar surface area (TPSA) is 102 Å². The van der Waals surface area contributed by atoms with E-state index in [2.05, 4.69) is 15.1 Å². The summed E-state index contributed by atoms with van der Waals surface area (Å²) in [5, 5.41) is 7.02. The Morgan fingerprint density at radius 3 is 2.32 bits per heavy atom. The fourth-order valence-corrected chi connectivity index (χ4v) is 4.89. The van der Waals surface area contributed by atoms with Gasteiger partial charge in [-0.1, -0.05) is 36.4 Å². The molecule has 0 saturated heterocycles. The van der Waals surface area contributed by atoms with E-state index in [0.29, 0.717) is 11.4 Å². The lowest BCUT2D eigenvalue weighted by molar-refractivity contribution is 0.102. The molecule has 1 aromatic heterocycles. The van der Waals surface area contributed by atoms with Gasteiger partial charge in [0.25, 0.3) is 15.9 Å². The van der Waals surface area contributed by atoms with Gasteiger partial charge >= 0.3 is 0 Å². The zero-order chi connectivity index (χ0) is 24.3. The standard InChI is InChI=1S/C25H24N4O4S/c1-17-8-7-9-18(2)24(17)28-34(31,32)23-16-19(12-13-22(23)33-3)26-25(30)21-14-15-29(27-21)20-10-5-4-6-11-20/h4-16,28H,1-3H3,(H,26,30). The van der Waals surface area contributed by atoms with Gasteiger partial charge in [0.15, 0.2) is 5.69 Å². The number of aryl methyl sites for hydroxylation is 2. The highest BCUT2D eigenvalue weighted by Gasteiger charge is 2.22. The summed E-state index contributed by atoms with van der Waals surface area (Å²) in [4.78, 5) is 12.7. The Kier molecular flexibility index (Phi) is 6.38. The SMILES string of the molecule is COc1ccc(NC(=O)c2ccn(-c3ccccc3)n2)cc1S(=O)(=O)Nc1c(C)cccc1C. The monoisotopic (exact) mass is 476 g/mol. The number of para-hydroxylation sites is 2. The Labute approximate surface area is 198 Å². The van der Waals surface area contributed by atoms with Crippen LogP contribution in [0.1, 0.15) is 21.6 Å². The van der Waals surface area contributed by atoms with Gasteiger partial charge in [0.05, 0.1) is 18.5 Å². The predicted molar refractivity (Wildman–Crippen MR) is 131 cm³/mol. The molecular formula is C25H24N4O4S.